The molecule has 7 heteroatoms. The minimum absolute atomic E-state index is 0.138. The molecule has 2 aromatic carbocycles. The summed E-state index contributed by atoms with van der Waals surface area (Å²) in [4.78, 5) is 17.6. The minimum Gasteiger partial charge on any atom is -0.491 e. The van der Waals surface area contributed by atoms with Crippen molar-refractivity contribution in [2.24, 2.45) is 0 Å². The maximum absolute atomic E-state index is 14.2. The van der Waals surface area contributed by atoms with Gasteiger partial charge in [-0.2, -0.15) is 0 Å². The van der Waals surface area contributed by atoms with Gasteiger partial charge in [-0.25, -0.2) is 9.18 Å². The van der Waals surface area contributed by atoms with E-state index in [0.717, 1.165) is 51.1 Å². The predicted octanol–water partition coefficient (Wildman–Crippen LogP) is 5.43. The van der Waals surface area contributed by atoms with Crippen LogP contribution in [0.15, 0.2) is 48.5 Å². The topological polar surface area (TPSA) is 56.8 Å². The van der Waals surface area contributed by atoms with E-state index < -0.39 is 5.54 Å². The van der Waals surface area contributed by atoms with E-state index in [-0.39, 0.29) is 24.1 Å². The Morgan fingerprint density at radius 3 is 2.56 bits per heavy atom. The van der Waals surface area contributed by atoms with Gasteiger partial charge in [-0.15, -0.1) is 0 Å². The number of nitrogens with zero attached hydrogens (tertiary/aromatic N) is 2. The van der Waals surface area contributed by atoms with E-state index >= 15 is 0 Å². The lowest BCUT2D eigenvalue weighted by atomic mass is 9.82. The van der Waals surface area contributed by atoms with Crippen LogP contribution in [-0.4, -0.2) is 47.9 Å². The summed E-state index contributed by atoms with van der Waals surface area (Å²) < 4.78 is 20.1. The number of hydrogen-bond acceptors (Lipinski definition) is 4. The first-order valence-electron chi connectivity index (χ1n) is 13.5. The molecule has 0 bridgehead atoms. The first-order chi connectivity index (χ1) is 17.4. The second kappa shape index (κ2) is 10.8. The van der Waals surface area contributed by atoms with Crippen LogP contribution >= 0.6 is 0 Å². The van der Waals surface area contributed by atoms with Crippen LogP contribution in [0.25, 0.3) is 0 Å². The predicted molar refractivity (Wildman–Crippen MR) is 141 cm³/mol. The fourth-order valence-electron chi connectivity index (χ4n) is 6.20. The molecule has 36 heavy (non-hydrogen) atoms. The third-order valence-electron chi connectivity index (χ3n) is 7.93. The molecule has 0 aromatic heterocycles. The normalized spacial score (nSPS) is 22.8. The van der Waals surface area contributed by atoms with Crippen LogP contribution in [0.1, 0.15) is 64.4 Å². The van der Waals surface area contributed by atoms with Crippen LogP contribution < -0.4 is 20.3 Å². The standard InChI is InChI=1S/C29H39FN4O2/c1-21(2)36-26-13-6-8-22(18-26)20-33-16-14-29(15-17-33)27(31-24-10-4-3-5-11-24)32-28(35)34(29)25-12-7-9-23(30)19-25/h6-9,12-13,18-19,21,24,27,31H,3-5,10-11,14-17,20H2,1-2H3,(H,32,35). The zero-order valence-corrected chi connectivity index (χ0v) is 21.5. The molecule has 3 aliphatic rings. The summed E-state index contributed by atoms with van der Waals surface area (Å²) in [7, 11) is 0. The van der Waals surface area contributed by atoms with Crippen molar-refractivity contribution in [2.45, 2.75) is 89.2 Å². The summed E-state index contributed by atoms with van der Waals surface area (Å²) in [5.41, 5.74) is 1.43. The molecule has 1 aliphatic carbocycles. The molecule has 1 atom stereocenters. The number of carbonyl (C=O) groups excluding carboxylic acids is 1. The Morgan fingerprint density at radius 1 is 1.08 bits per heavy atom. The lowest BCUT2D eigenvalue weighted by Gasteiger charge is -2.47. The van der Waals surface area contributed by atoms with E-state index in [0.29, 0.717) is 11.7 Å². The highest BCUT2D eigenvalue weighted by molar-refractivity contribution is 5.96. The molecule has 2 aromatic rings. The van der Waals surface area contributed by atoms with Crippen molar-refractivity contribution in [3.8, 4) is 5.75 Å². The molecule has 1 unspecified atom stereocenters. The molecule has 194 valence electrons. The number of ether oxygens (including phenoxy) is 1. The number of anilines is 1. The smallest absolute Gasteiger partial charge is 0.323 e. The summed E-state index contributed by atoms with van der Waals surface area (Å²) in [6.07, 6.45) is 7.65. The molecule has 2 heterocycles. The average molecular weight is 495 g/mol. The quantitative estimate of drug-likeness (QED) is 0.539. The second-order valence-electron chi connectivity index (χ2n) is 10.9. The van der Waals surface area contributed by atoms with Gasteiger partial charge in [-0.3, -0.25) is 15.1 Å². The van der Waals surface area contributed by atoms with Crippen LogP contribution in [0.2, 0.25) is 0 Å². The molecule has 5 rings (SSSR count). The van der Waals surface area contributed by atoms with Crippen molar-refractivity contribution in [3.05, 3.63) is 59.9 Å². The molecule has 0 radical (unpaired) electrons. The highest BCUT2D eigenvalue weighted by Gasteiger charge is 2.55. The summed E-state index contributed by atoms with van der Waals surface area (Å²) in [5.74, 6) is 0.579. The first-order valence-corrected chi connectivity index (χ1v) is 13.5. The van der Waals surface area contributed by atoms with Gasteiger partial charge in [0.15, 0.2) is 0 Å². The summed E-state index contributed by atoms with van der Waals surface area (Å²) in [6.45, 7) is 6.64. The van der Waals surface area contributed by atoms with Crippen LogP contribution in [0, 0.1) is 5.82 Å². The molecule has 2 N–H and O–H groups in total. The molecule has 1 spiro atoms. The van der Waals surface area contributed by atoms with Crippen molar-refractivity contribution < 1.29 is 13.9 Å². The van der Waals surface area contributed by atoms with Crippen molar-refractivity contribution in [2.75, 3.05) is 18.0 Å². The van der Waals surface area contributed by atoms with Gasteiger partial charge >= 0.3 is 6.03 Å². The fourth-order valence-corrected chi connectivity index (χ4v) is 6.20. The molecule has 3 fully saturated rings. The molecule has 1 saturated carbocycles. The van der Waals surface area contributed by atoms with Gasteiger partial charge in [0.05, 0.1) is 11.6 Å². The molecule has 2 saturated heterocycles. The van der Waals surface area contributed by atoms with Crippen LogP contribution in [-0.2, 0) is 6.54 Å². The lowest BCUT2D eigenvalue weighted by molar-refractivity contribution is 0.126. The van der Waals surface area contributed by atoms with Gasteiger partial charge in [-0.1, -0.05) is 37.5 Å². The van der Waals surface area contributed by atoms with Crippen LogP contribution in [0.3, 0.4) is 0 Å². The number of urea groups is 1. The van der Waals surface area contributed by atoms with Crippen LogP contribution in [0.4, 0.5) is 14.9 Å². The maximum Gasteiger partial charge on any atom is 0.323 e. The number of amides is 2. The Kier molecular flexibility index (Phi) is 7.49. The second-order valence-corrected chi connectivity index (χ2v) is 10.9. The van der Waals surface area contributed by atoms with Gasteiger partial charge in [0.1, 0.15) is 17.7 Å². The number of likely N-dealkylation sites (tertiary alicyclic amines) is 1. The molecule has 2 amide bonds. The van der Waals surface area contributed by atoms with E-state index in [1.54, 1.807) is 6.07 Å². The number of hydrogen-bond donors (Lipinski definition) is 2. The SMILES string of the molecule is CC(C)Oc1cccc(CN2CCC3(CC2)C(NC2CCCCC2)NC(=O)N3c2cccc(F)c2)c1. The monoisotopic (exact) mass is 494 g/mol. The Morgan fingerprint density at radius 2 is 1.83 bits per heavy atom. The minimum atomic E-state index is -0.429. The van der Waals surface area contributed by atoms with Gasteiger partial charge < -0.3 is 10.1 Å². The number of rotatable bonds is 7. The molecular weight excluding hydrogens is 455 g/mol. The van der Waals surface area contributed by atoms with Gasteiger partial charge in [0.25, 0.3) is 0 Å². The largest absolute Gasteiger partial charge is 0.491 e. The zero-order chi connectivity index (χ0) is 25.1. The van der Waals surface area contributed by atoms with E-state index in [1.165, 1.54) is 37.0 Å². The van der Waals surface area contributed by atoms with E-state index in [9.17, 15) is 9.18 Å². The van der Waals surface area contributed by atoms with Crippen molar-refractivity contribution in [3.63, 3.8) is 0 Å². The van der Waals surface area contributed by atoms with Gasteiger partial charge in [-0.05, 0) is 75.4 Å². The lowest BCUT2D eigenvalue weighted by Crippen LogP contribution is -2.63. The maximum atomic E-state index is 14.2. The summed E-state index contributed by atoms with van der Waals surface area (Å²) >= 11 is 0. The van der Waals surface area contributed by atoms with Crippen LogP contribution in [0.5, 0.6) is 5.75 Å². The Balaban J connectivity index is 1.35. The van der Waals surface area contributed by atoms with Crippen molar-refractivity contribution in [1.29, 1.82) is 0 Å². The van der Waals surface area contributed by atoms with E-state index in [1.807, 2.05) is 36.9 Å². The summed E-state index contributed by atoms with van der Waals surface area (Å²) in [5, 5.41) is 7.05. The van der Waals surface area contributed by atoms with Gasteiger partial charge in [0, 0.05) is 31.4 Å². The highest BCUT2D eigenvalue weighted by atomic mass is 19.1. The van der Waals surface area contributed by atoms with E-state index in [4.69, 9.17) is 4.74 Å². The average Bonchev–Trinajstić information content (AvgIpc) is 3.11. The van der Waals surface area contributed by atoms with Crippen molar-refractivity contribution >= 4 is 11.7 Å². The third kappa shape index (κ3) is 5.37. The number of nitrogens with one attached hydrogen (secondary N) is 2. The first kappa shape index (κ1) is 25.0. The molecule has 6 nitrogen and oxygen atoms in total. The zero-order valence-electron chi connectivity index (χ0n) is 21.5. The Labute approximate surface area is 214 Å². The molecular formula is C29H39FN4O2. The number of piperidine rings is 1. The third-order valence-corrected chi connectivity index (χ3v) is 7.93. The number of benzene rings is 2. The molecule has 2 aliphatic heterocycles. The van der Waals surface area contributed by atoms with Crippen molar-refractivity contribution in [1.82, 2.24) is 15.5 Å². The van der Waals surface area contributed by atoms with E-state index in [2.05, 4.69) is 27.7 Å². The Hall–Kier alpha value is -2.64. The van der Waals surface area contributed by atoms with Gasteiger partial charge in [0.2, 0.25) is 0 Å². The number of carbonyl (C=O) groups is 1. The highest BCUT2D eigenvalue weighted by Crippen LogP contribution is 2.40. The summed E-state index contributed by atoms with van der Waals surface area (Å²) in [6, 6.07) is 15.0. The number of halogens is 1. The fraction of sp³-hybridized carbons (Fsp3) is 0.552. The Bertz CT molecular complexity index is 1050.